The molecule has 0 amide bonds. The molecule has 3 rings (SSSR count). The molecule has 0 radical (unpaired) electrons. The SMILES string of the molecule is COc1ccc2c(c1)c(Nc1cccc(Cl)c1)nn2CCN. The highest BCUT2D eigenvalue weighted by Crippen LogP contribution is 2.29. The standard InChI is InChI=1S/C16H17ClN4O/c1-22-13-5-6-15-14(10-13)16(20-21(15)8-7-18)19-12-4-2-3-11(17)9-12/h2-6,9-10H,7-8,18H2,1H3,(H,19,20). The van der Waals surface area contributed by atoms with Crippen molar-refractivity contribution >= 4 is 34.0 Å². The van der Waals surface area contributed by atoms with E-state index in [2.05, 4.69) is 10.4 Å². The number of methoxy groups -OCH3 is 1. The Morgan fingerprint density at radius 3 is 2.86 bits per heavy atom. The van der Waals surface area contributed by atoms with Crippen molar-refractivity contribution in [3.63, 3.8) is 0 Å². The van der Waals surface area contributed by atoms with E-state index in [-0.39, 0.29) is 0 Å². The molecule has 0 atom stereocenters. The Bertz CT molecular complexity index is 800. The topological polar surface area (TPSA) is 65.1 Å². The number of hydrogen-bond acceptors (Lipinski definition) is 4. The van der Waals surface area contributed by atoms with Gasteiger partial charge in [0, 0.05) is 22.6 Å². The van der Waals surface area contributed by atoms with E-state index in [1.165, 1.54) is 0 Å². The Labute approximate surface area is 133 Å². The minimum atomic E-state index is 0.527. The molecule has 0 aliphatic rings. The zero-order valence-corrected chi connectivity index (χ0v) is 13.0. The number of nitrogens with zero attached hydrogens (tertiary/aromatic N) is 2. The van der Waals surface area contributed by atoms with Gasteiger partial charge in [-0.05, 0) is 36.4 Å². The van der Waals surface area contributed by atoms with Crippen LogP contribution < -0.4 is 15.8 Å². The van der Waals surface area contributed by atoms with Crippen LogP contribution in [0, 0.1) is 0 Å². The number of benzene rings is 2. The van der Waals surface area contributed by atoms with Crippen LogP contribution in [0.1, 0.15) is 0 Å². The van der Waals surface area contributed by atoms with E-state index in [4.69, 9.17) is 22.1 Å². The van der Waals surface area contributed by atoms with Crippen molar-refractivity contribution in [3.05, 3.63) is 47.5 Å². The van der Waals surface area contributed by atoms with E-state index < -0.39 is 0 Å². The van der Waals surface area contributed by atoms with Crippen molar-refractivity contribution in [2.75, 3.05) is 19.0 Å². The number of anilines is 2. The molecule has 0 saturated carbocycles. The van der Waals surface area contributed by atoms with E-state index in [9.17, 15) is 0 Å². The fraction of sp³-hybridized carbons (Fsp3) is 0.188. The van der Waals surface area contributed by atoms with Crippen LogP contribution in [0.3, 0.4) is 0 Å². The average Bonchev–Trinajstić information content (AvgIpc) is 2.85. The number of aromatic nitrogens is 2. The van der Waals surface area contributed by atoms with Gasteiger partial charge in [0.25, 0.3) is 0 Å². The van der Waals surface area contributed by atoms with Crippen LogP contribution in [0.25, 0.3) is 10.9 Å². The molecule has 2 aromatic carbocycles. The Morgan fingerprint density at radius 1 is 1.27 bits per heavy atom. The normalized spacial score (nSPS) is 10.9. The van der Waals surface area contributed by atoms with E-state index in [0.29, 0.717) is 18.1 Å². The van der Waals surface area contributed by atoms with Crippen molar-refractivity contribution in [1.29, 1.82) is 0 Å². The number of nitrogens with two attached hydrogens (primary N) is 1. The molecule has 0 fully saturated rings. The fourth-order valence-corrected chi connectivity index (χ4v) is 2.56. The molecule has 1 aromatic heterocycles. The van der Waals surface area contributed by atoms with Gasteiger partial charge in [-0.2, -0.15) is 5.10 Å². The number of hydrogen-bond donors (Lipinski definition) is 2. The Kier molecular flexibility index (Phi) is 4.18. The molecule has 114 valence electrons. The minimum Gasteiger partial charge on any atom is -0.497 e. The highest BCUT2D eigenvalue weighted by molar-refractivity contribution is 6.30. The number of nitrogens with one attached hydrogen (secondary N) is 1. The summed E-state index contributed by atoms with van der Waals surface area (Å²) in [6.45, 7) is 1.18. The molecule has 6 heteroatoms. The molecule has 0 bridgehead atoms. The lowest BCUT2D eigenvalue weighted by molar-refractivity contribution is 0.415. The largest absolute Gasteiger partial charge is 0.497 e. The number of ether oxygens (including phenoxy) is 1. The van der Waals surface area contributed by atoms with Crippen LogP contribution in [-0.4, -0.2) is 23.4 Å². The number of rotatable bonds is 5. The van der Waals surface area contributed by atoms with Crippen molar-refractivity contribution < 1.29 is 4.74 Å². The Hall–Kier alpha value is -2.24. The summed E-state index contributed by atoms with van der Waals surface area (Å²) in [7, 11) is 1.65. The van der Waals surface area contributed by atoms with Crippen molar-refractivity contribution in [2.24, 2.45) is 5.73 Å². The van der Waals surface area contributed by atoms with Crippen molar-refractivity contribution in [2.45, 2.75) is 6.54 Å². The van der Waals surface area contributed by atoms with Gasteiger partial charge in [0.2, 0.25) is 0 Å². The second-order valence-electron chi connectivity index (χ2n) is 4.88. The van der Waals surface area contributed by atoms with Gasteiger partial charge in [-0.25, -0.2) is 0 Å². The maximum atomic E-state index is 6.03. The molecule has 5 nitrogen and oxygen atoms in total. The molecular formula is C16H17ClN4O. The summed E-state index contributed by atoms with van der Waals surface area (Å²) >= 11 is 6.03. The zero-order valence-electron chi connectivity index (χ0n) is 12.2. The fourth-order valence-electron chi connectivity index (χ4n) is 2.37. The monoisotopic (exact) mass is 316 g/mol. The molecule has 0 saturated heterocycles. The second-order valence-corrected chi connectivity index (χ2v) is 5.32. The van der Waals surface area contributed by atoms with E-state index in [0.717, 1.165) is 28.2 Å². The Balaban J connectivity index is 2.07. The predicted molar refractivity (Wildman–Crippen MR) is 90.1 cm³/mol. The maximum absolute atomic E-state index is 6.03. The molecule has 0 aliphatic carbocycles. The van der Waals surface area contributed by atoms with Crippen LogP contribution in [0.4, 0.5) is 11.5 Å². The lowest BCUT2D eigenvalue weighted by atomic mass is 10.2. The molecule has 0 spiro atoms. The summed E-state index contributed by atoms with van der Waals surface area (Å²) < 4.78 is 7.20. The first-order valence-electron chi connectivity index (χ1n) is 6.98. The van der Waals surface area contributed by atoms with Crippen LogP contribution in [0.5, 0.6) is 5.75 Å². The van der Waals surface area contributed by atoms with Gasteiger partial charge in [0.15, 0.2) is 5.82 Å². The third kappa shape index (κ3) is 2.86. The zero-order chi connectivity index (χ0) is 15.5. The van der Waals surface area contributed by atoms with E-state index in [1.807, 2.05) is 47.1 Å². The molecule has 22 heavy (non-hydrogen) atoms. The maximum Gasteiger partial charge on any atom is 0.160 e. The summed E-state index contributed by atoms with van der Waals surface area (Å²) in [6.07, 6.45) is 0. The van der Waals surface area contributed by atoms with Gasteiger partial charge < -0.3 is 15.8 Å². The second kappa shape index (κ2) is 6.25. The third-order valence-corrected chi connectivity index (χ3v) is 3.62. The molecule has 0 unspecified atom stereocenters. The lowest BCUT2D eigenvalue weighted by Gasteiger charge is -2.04. The van der Waals surface area contributed by atoms with Crippen molar-refractivity contribution in [1.82, 2.24) is 9.78 Å². The smallest absolute Gasteiger partial charge is 0.160 e. The predicted octanol–water partition coefficient (Wildman–Crippen LogP) is 3.40. The minimum absolute atomic E-state index is 0.527. The average molecular weight is 317 g/mol. The summed E-state index contributed by atoms with van der Waals surface area (Å²) in [4.78, 5) is 0. The third-order valence-electron chi connectivity index (χ3n) is 3.39. The van der Waals surface area contributed by atoms with Gasteiger partial charge in [0.05, 0.1) is 19.2 Å². The molecular weight excluding hydrogens is 300 g/mol. The summed E-state index contributed by atoms with van der Waals surface area (Å²) in [5, 5.41) is 9.57. The first kappa shape index (κ1) is 14.7. The molecule has 1 heterocycles. The van der Waals surface area contributed by atoms with Gasteiger partial charge in [0.1, 0.15) is 5.75 Å². The molecule has 3 N–H and O–H groups in total. The van der Waals surface area contributed by atoms with Gasteiger partial charge in [-0.15, -0.1) is 0 Å². The van der Waals surface area contributed by atoms with Crippen molar-refractivity contribution in [3.8, 4) is 5.75 Å². The van der Waals surface area contributed by atoms with Crippen LogP contribution in [-0.2, 0) is 6.54 Å². The quantitative estimate of drug-likeness (QED) is 0.757. The van der Waals surface area contributed by atoms with Gasteiger partial charge >= 0.3 is 0 Å². The van der Waals surface area contributed by atoms with Crippen LogP contribution in [0.2, 0.25) is 5.02 Å². The number of halogens is 1. The number of fused-ring (bicyclic) bond motifs is 1. The summed E-state index contributed by atoms with van der Waals surface area (Å²) in [5.41, 5.74) is 7.56. The van der Waals surface area contributed by atoms with Gasteiger partial charge in [-0.3, -0.25) is 4.68 Å². The van der Waals surface area contributed by atoms with E-state index in [1.54, 1.807) is 7.11 Å². The van der Waals surface area contributed by atoms with E-state index >= 15 is 0 Å². The lowest BCUT2D eigenvalue weighted by Crippen LogP contribution is -2.11. The summed E-state index contributed by atoms with van der Waals surface area (Å²) in [6, 6.07) is 13.4. The summed E-state index contributed by atoms with van der Waals surface area (Å²) in [5.74, 6) is 1.54. The highest BCUT2D eigenvalue weighted by atomic mass is 35.5. The van der Waals surface area contributed by atoms with Gasteiger partial charge in [-0.1, -0.05) is 17.7 Å². The molecule has 3 aromatic rings. The highest BCUT2D eigenvalue weighted by Gasteiger charge is 2.11. The Morgan fingerprint density at radius 2 is 2.14 bits per heavy atom. The first-order valence-corrected chi connectivity index (χ1v) is 7.36. The van der Waals surface area contributed by atoms with Crippen LogP contribution in [0.15, 0.2) is 42.5 Å². The van der Waals surface area contributed by atoms with Crippen LogP contribution >= 0.6 is 11.6 Å². The molecule has 0 aliphatic heterocycles. The first-order chi connectivity index (χ1) is 10.7.